The summed E-state index contributed by atoms with van der Waals surface area (Å²) in [7, 11) is 0. The van der Waals surface area contributed by atoms with Crippen LogP contribution in [-0.4, -0.2) is 30.2 Å². The lowest BCUT2D eigenvalue weighted by atomic mass is 9.96. The maximum absolute atomic E-state index is 12.6. The molecule has 96 valence electrons. The van der Waals surface area contributed by atoms with Gasteiger partial charge < -0.3 is 0 Å². The van der Waals surface area contributed by atoms with Crippen molar-refractivity contribution in [1.29, 1.82) is 0 Å². The zero-order valence-electron chi connectivity index (χ0n) is 7.09. The lowest BCUT2D eigenvalue weighted by molar-refractivity contribution is -0.357. The Morgan fingerprint density at radius 2 is 1.25 bits per heavy atom. The van der Waals surface area contributed by atoms with Crippen molar-refractivity contribution in [3.05, 3.63) is 0 Å². The molecule has 0 bridgehead atoms. The first-order valence-corrected chi connectivity index (χ1v) is 3.48. The molecule has 1 unspecified atom stereocenters. The van der Waals surface area contributed by atoms with Crippen molar-refractivity contribution in [2.75, 3.05) is 0 Å². The van der Waals surface area contributed by atoms with Crippen LogP contribution in [-0.2, 0) is 4.79 Å². The van der Waals surface area contributed by atoms with E-state index in [0.29, 0.717) is 0 Å². The minimum Gasteiger partial charge on any atom is -0.261 e. The molecule has 0 aliphatic heterocycles. The molecule has 0 amide bonds. The Kier molecular flexibility index (Phi) is 3.88. The smallest absolute Gasteiger partial charge is 0.261 e. The molecule has 0 spiro atoms. The molecule has 16 heavy (non-hydrogen) atoms. The van der Waals surface area contributed by atoms with E-state index in [1.54, 1.807) is 0 Å². The van der Waals surface area contributed by atoms with Crippen LogP contribution in [0.2, 0.25) is 0 Å². The van der Waals surface area contributed by atoms with E-state index in [4.69, 9.17) is 0 Å². The third-order valence-electron chi connectivity index (χ3n) is 1.60. The van der Waals surface area contributed by atoms with E-state index in [0.717, 1.165) is 0 Å². The summed E-state index contributed by atoms with van der Waals surface area (Å²) >= 11 is 0. The molecule has 0 saturated carbocycles. The molecule has 1 atom stereocenters. The Bertz CT molecular complexity index is 250. The largest absolute Gasteiger partial charge is 0.434 e. The van der Waals surface area contributed by atoms with Crippen molar-refractivity contribution in [3.63, 3.8) is 0 Å². The summed E-state index contributed by atoms with van der Waals surface area (Å²) in [4.78, 5) is 9.55. The monoisotopic (exact) mass is 262 g/mol. The van der Waals surface area contributed by atoms with Gasteiger partial charge in [-0.2, -0.15) is 30.7 Å². The summed E-state index contributed by atoms with van der Waals surface area (Å²) in [6.45, 7) is 0. The van der Waals surface area contributed by atoms with Crippen molar-refractivity contribution in [1.82, 2.24) is 0 Å². The van der Waals surface area contributed by atoms with Gasteiger partial charge in [0.2, 0.25) is 0 Å². The Morgan fingerprint density at radius 3 is 1.44 bits per heavy atom. The summed E-state index contributed by atoms with van der Waals surface area (Å²) in [5.74, 6) is 0. The minimum atomic E-state index is -6.64. The quantitative estimate of drug-likeness (QED) is 0.564. The Hall–Kier alpha value is -0.960. The van der Waals surface area contributed by atoms with Gasteiger partial charge in [0.15, 0.2) is 6.17 Å². The molecule has 0 rings (SSSR count). The maximum Gasteiger partial charge on any atom is 0.434 e. The Morgan fingerprint density at radius 1 is 0.938 bits per heavy atom. The molecule has 1 nitrogen and oxygen atoms in total. The molecule has 0 fully saturated rings. The summed E-state index contributed by atoms with van der Waals surface area (Å²) < 4.78 is 107. The average molecular weight is 262 g/mol. The second-order valence-electron chi connectivity index (χ2n) is 2.73. The van der Waals surface area contributed by atoms with Gasteiger partial charge in [-0.3, -0.25) is 4.79 Å². The fraction of sp³-hybridized carbons (Fsp3) is 0.833. The van der Waals surface area contributed by atoms with Crippen molar-refractivity contribution in [2.45, 2.75) is 30.6 Å². The summed E-state index contributed by atoms with van der Waals surface area (Å²) in [6, 6.07) is -2.82. The number of hydrogen-bond donors (Lipinski definition) is 0. The lowest BCUT2D eigenvalue weighted by Crippen LogP contribution is -2.59. The normalized spacial score (nSPS) is 16.1. The molecule has 0 aromatic rings. The minimum absolute atomic E-state index is 2.46. The van der Waals surface area contributed by atoms with Gasteiger partial charge in [-0.15, -0.1) is 0 Å². The van der Waals surface area contributed by atoms with E-state index in [-0.39, 0.29) is 0 Å². The van der Waals surface area contributed by atoms with E-state index < -0.39 is 36.7 Å². The van der Waals surface area contributed by atoms with Crippen LogP contribution in [0.3, 0.4) is 0 Å². The molecular weight excluding hydrogens is 259 g/mol. The van der Waals surface area contributed by atoms with Crippen LogP contribution < -0.4 is 0 Å². The standard InChI is InChI=1S/C6H3F9O/c7-2(1-3(8)16)4(9,5(10,11)12)6(13,14)15/h2H,1H2. The van der Waals surface area contributed by atoms with Gasteiger partial charge in [-0.1, -0.05) is 0 Å². The molecular formula is C6H3F9O. The van der Waals surface area contributed by atoms with Gasteiger partial charge in [-0.05, 0) is 0 Å². The summed E-state index contributed by atoms with van der Waals surface area (Å²) in [5.41, 5.74) is -6.26. The van der Waals surface area contributed by atoms with Gasteiger partial charge in [0.25, 0.3) is 0 Å². The van der Waals surface area contributed by atoms with Gasteiger partial charge in [0.05, 0.1) is 6.42 Å². The topological polar surface area (TPSA) is 17.1 Å². The van der Waals surface area contributed by atoms with Crippen LogP contribution in [0, 0.1) is 0 Å². The Labute approximate surface area is 82.2 Å². The lowest BCUT2D eigenvalue weighted by Gasteiger charge is -2.31. The van der Waals surface area contributed by atoms with Crippen molar-refractivity contribution < 1.29 is 44.3 Å². The third kappa shape index (κ3) is 2.59. The van der Waals surface area contributed by atoms with Crippen LogP contribution in [0.1, 0.15) is 6.42 Å². The van der Waals surface area contributed by atoms with Crippen molar-refractivity contribution >= 4 is 6.04 Å². The van der Waals surface area contributed by atoms with E-state index in [1.807, 2.05) is 0 Å². The predicted octanol–water partition coefficient (Wildman–Crippen LogP) is 3.04. The number of alkyl halides is 8. The van der Waals surface area contributed by atoms with Crippen LogP contribution in [0.5, 0.6) is 0 Å². The summed E-state index contributed by atoms with van der Waals surface area (Å²) in [5, 5.41) is 0. The molecule has 0 radical (unpaired) electrons. The molecule has 0 aliphatic carbocycles. The highest BCUT2D eigenvalue weighted by molar-refractivity contribution is 5.68. The molecule has 0 saturated heterocycles. The predicted molar refractivity (Wildman–Crippen MR) is 31.6 cm³/mol. The van der Waals surface area contributed by atoms with Gasteiger partial charge in [0.1, 0.15) is 0 Å². The van der Waals surface area contributed by atoms with Crippen LogP contribution in [0.25, 0.3) is 0 Å². The highest BCUT2D eigenvalue weighted by Crippen LogP contribution is 2.50. The fourth-order valence-electron chi connectivity index (χ4n) is 0.797. The Balaban J connectivity index is 5.35. The second-order valence-corrected chi connectivity index (χ2v) is 2.73. The fourth-order valence-corrected chi connectivity index (χ4v) is 0.797. The van der Waals surface area contributed by atoms with Crippen molar-refractivity contribution in [2.24, 2.45) is 0 Å². The number of hydrogen-bond acceptors (Lipinski definition) is 1. The molecule has 0 aromatic carbocycles. The van der Waals surface area contributed by atoms with E-state index >= 15 is 0 Å². The molecule has 0 heterocycles. The van der Waals surface area contributed by atoms with Gasteiger partial charge in [0, 0.05) is 0 Å². The molecule has 0 aliphatic rings. The van der Waals surface area contributed by atoms with Crippen LogP contribution in [0.15, 0.2) is 0 Å². The maximum atomic E-state index is 12.6. The average Bonchev–Trinajstić information content (AvgIpc) is 1.96. The third-order valence-corrected chi connectivity index (χ3v) is 1.60. The first-order valence-electron chi connectivity index (χ1n) is 3.48. The number of halogens is 9. The van der Waals surface area contributed by atoms with Crippen LogP contribution >= 0.6 is 0 Å². The summed E-state index contributed by atoms with van der Waals surface area (Å²) in [6.07, 6.45) is -20.1. The first kappa shape index (κ1) is 15.0. The number of rotatable bonds is 3. The molecule has 10 heteroatoms. The second kappa shape index (κ2) is 4.13. The van der Waals surface area contributed by atoms with E-state index in [2.05, 4.69) is 0 Å². The van der Waals surface area contributed by atoms with E-state index in [9.17, 15) is 44.3 Å². The number of carbonyl (C=O) groups excluding carboxylic acids is 1. The molecule has 0 N–H and O–H groups in total. The highest BCUT2D eigenvalue weighted by atomic mass is 19.4. The van der Waals surface area contributed by atoms with E-state index in [1.165, 1.54) is 0 Å². The molecule has 0 aromatic heterocycles. The number of carbonyl (C=O) groups is 1. The zero-order chi connectivity index (χ0) is 13.4. The first-order chi connectivity index (χ1) is 6.84. The SMILES string of the molecule is O=C(F)CC(F)C(F)(C(F)(F)F)C(F)(F)F. The van der Waals surface area contributed by atoms with Crippen LogP contribution in [0.4, 0.5) is 39.5 Å². The van der Waals surface area contributed by atoms with Gasteiger partial charge in [-0.25, -0.2) is 8.78 Å². The highest BCUT2D eigenvalue weighted by Gasteiger charge is 2.77. The van der Waals surface area contributed by atoms with Gasteiger partial charge >= 0.3 is 24.1 Å². The zero-order valence-corrected chi connectivity index (χ0v) is 7.09. The van der Waals surface area contributed by atoms with Crippen molar-refractivity contribution in [3.8, 4) is 0 Å².